The lowest BCUT2D eigenvalue weighted by Gasteiger charge is -2.22. The lowest BCUT2D eigenvalue weighted by atomic mass is 10.0. The Hall–Kier alpha value is -1.21. The first-order valence-corrected chi connectivity index (χ1v) is 8.20. The maximum Gasteiger partial charge on any atom is 0.233 e. The summed E-state index contributed by atoms with van der Waals surface area (Å²) in [6.45, 7) is 3.00. The molecule has 1 aromatic rings. The van der Waals surface area contributed by atoms with Crippen LogP contribution in [0.15, 0.2) is 12.1 Å². The number of aryl methyl sites for hydroxylation is 1. The second kappa shape index (κ2) is 6.05. The van der Waals surface area contributed by atoms with Crippen LogP contribution in [0.25, 0.3) is 0 Å². The maximum absolute atomic E-state index is 13.8. The van der Waals surface area contributed by atoms with Crippen LogP contribution in [0.1, 0.15) is 18.4 Å². The van der Waals surface area contributed by atoms with Gasteiger partial charge in [-0.15, -0.1) is 0 Å². The lowest BCUT2D eigenvalue weighted by Crippen LogP contribution is -2.33. The lowest BCUT2D eigenvalue weighted by molar-refractivity contribution is 0.402. The third kappa shape index (κ3) is 3.67. The number of hydrogen-bond acceptors (Lipinski definition) is 3. The third-order valence-corrected chi connectivity index (χ3v) is 4.88. The van der Waals surface area contributed by atoms with Gasteiger partial charge in [0, 0.05) is 0 Å². The standard InChI is InChI=1S/C13H18F2N2O2S/c1-9-2-3-11(14)13(12(9)15)17-20(18,19)8-10-4-6-16-7-5-10/h2-3,10,16-17H,4-8H2,1H3. The van der Waals surface area contributed by atoms with Crippen LogP contribution in [0.2, 0.25) is 0 Å². The molecule has 0 bridgehead atoms. The van der Waals surface area contributed by atoms with E-state index in [9.17, 15) is 17.2 Å². The molecule has 0 saturated carbocycles. The van der Waals surface area contributed by atoms with Gasteiger partial charge in [0.2, 0.25) is 10.0 Å². The predicted octanol–water partition coefficient (Wildman–Crippen LogP) is 2.01. The van der Waals surface area contributed by atoms with Crippen LogP contribution < -0.4 is 10.0 Å². The molecule has 2 N–H and O–H groups in total. The molecule has 1 fully saturated rings. The fourth-order valence-electron chi connectivity index (χ4n) is 2.31. The van der Waals surface area contributed by atoms with Gasteiger partial charge in [0.15, 0.2) is 5.82 Å². The van der Waals surface area contributed by atoms with Crippen molar-refractivity contribution in [2.45, 2.75) is 19.8 Å². The van der Waals surface area contributed by atoms with Crippen molar-refractivity contribution in [2.75, 3.05) is 23.6 Å². The highest BCUT2D eigenvalue weighted by Crippen LogP contribution is 2.24. The molecule has 0 aromatic heterocycles. The summed E-state index contributed by atoms with van der Waals surface area (Å²) in [6, 6.07) is 2.33. The SMILES string of the molecule is Cc1ccc(F)c(NS(=O)(=O)CC2CCNCC2)c1F. The molecular formula is C13H18F2N2O2S. The van der Waals surface area contributed by atoms with Crippen LogP contribution >= 0.6 is 0 Å². The summed E-state index contributed by atoms with van der Waals surface area (Å²) in [5, 5.41) is 3.14. The normalized spacial score (nSPS) is 17.1. The Morgan fingerprint density at radius 1 is 1.30 bits per heavy atom. The first kappa shape index (κ1) is 15.2. The number of halogens is 2. The average Bonchev–Trinajstić information content (AvgIpc) is 2.40. The van der Waals surface area contributed by atoms with Crippen LogP contribution in [-0.2, 0) is 10.0 Å². The number of anilines is 1. The highest BCUT2D eigenvalue weighted by molar-refractivity contribution is 7.92. The smallest absolute Gasteiger partial charge is 0.233 e. The van der Waals surface area contributed by atoms with Crippen molar-refractivity contribution in [2.24, 2.45) is 5.92 Å². The van der Waals surface area contributed by atoms with Gasteiger partial charge in [-0.1, -0.05) is 6.07 Å². The van der Waals surface area contributed by atoms with E-state index in [4.69, 9.17) is 0 Å². The van der Waals surface area contributed by atoms with Gasteiger partial charge in [-0.2, -0.15) is 0 Å². The Balaban J connectivity index is 2.14. The minimum Gasteiger partial charge on any atom is -0.317 e. The molecule has 0 unspecified atom stereocenters. The number of piperidine rings is 1. The first-order chi connectivity index (χ1) is 9.39. The predicted molar refractivity (Wildman–Crippen MR) is 74.1 cm³/mol. The van der Waals surface area contributed by atoms with Gasteiger partial charge in [0.25, 0.3) is 0 Å². The van der Waals surface area contributed by atoms with E-state index in [-0.39, 0.29) is 17.2 Å². The van der Waals surface area contributed by atoms with E-state index in [1.807, 2.05) is 4.72 Å². The Labute approximate surface area is 117 Å². The number of nitrogens with one attached hydrogen (secondary N) is 2. The molecule has 1 aromatic carbocycles. The molecule has 1 aliphatic rings. The number of sulfonamides is 1. The zero-order valence-corrected chi connectivity index (χ0v) is 12.1. The molecule has 1 heterocycles. The summed E-state index contributed by atoms with van der Waals surface area (Å²) in [4.78, 5) is 0. The van der Waals surface area contributed by atoms with Gasteiger partial charge in [-0.25, -0.2) is 17.2 Å². The van der Waals surface area contributed by atoms with Crippen LogP contribution in [-0.4, -0.2) is 27.3 Å². The molecule has 0 spiro atoms. The van der Waals surface area contributed by atoms with Crippen molar-refractivity contribution in [3.8, 4) is 0 Å². The molecule has 2 rings (SSSR count). The topological polar surface area (TPSA) is 58.2 Å². The molecule has 0 radical (unpaired) electrons. The second-order valence-electron chi connectivity index (χ2n) is 5.13. The van der Waals surface area contributed by atoms with Crippen molar-refractivity contribution in [1.82, 2.24) is 5.32 Å². The quantitative estimate of drug-likeness (QED) is 0.894. The highest BCUT2D eigenvalue weighted by atomic mass is 32.2. The van der Waals surface area contributed by atoms with Gasteiger partial charge in [0.1, 0.15) is 11.5 Å². The second-order valence-corrected chi connectivity index (χ2v) is 6.90. The molecule has 4 nitrogen and oxygen atoms in total. The van der Waals surface area contributed by atoms with Crippen LogP contribution in [0.4, 0.5) is 14.5 Å². The summed E-state index contributed by atoms with van der Waals surface area (Å²) in [5.74, 6) is -1.85. The molecule has 20 heavy (non-hydrogen) atoms. The average molecular weight is 304 g/mol. The van der Waals surface area contributed by atoms with Crippen molar-refractivity contribution < 1.29 is 17.2 Å². The number of rotatable bonds is 4. The summed E-state index contributed by atoms with van der Waals surface area (Å²) in [5.41, 5.74) is -0.384. The van der Waals surface area contributed by atoms with Gasteiger partial charge < -0.3 is 5.32 Å². The minimum absolute atomic E-state index is 0.0182. The van der Waals surface area contributed by atoms with E-state index >= 15 is 0 Å². The molecular weight excluding hydrogens is 286 g/mol. The summed E-state index contributed by atoms with van der Waals surface area (Å²) >= 11 is 0. The minimum atomic E-state index is -3.75. The van der Waals surface area contributed by atoms with Crippen molar-refractivity contribution in [3.63, 3.8) is 0 Å². The maximum atomic E-state index is 13.8. The molecule has 1 aliphatic heterocycles. The monoisotopic (exact) mass is 304 g/mol. The Kier molecular flexibility index (Phi) is 4.59. The van der Waals surface area contributed by atoms with E-state index in [2.05, 4.69) is 5.32 Å². The largest absolute Gasteiger partial charge is 0.317 e. The molecule has 0 amide bonds. The van der Waals surface area contributed by atoms with Crippen LogP contribution in [0, 0.1) is 24.5 Å². The van der Waals surface area contributed by atoms with Crippen molar-refractivity contribution in [3.05, 3.63) is 29.3 Å². The Bertz CT molecular complexity index is 584. The fraction of sp³-hybridized carbons (Fsp3) is 0.538. The van der Waals surface area contributed by atoms with Crippen molar-refractivity contribution in [1.29, 1.82) is 0 Å². The van der Waals surface area contributed by atoms with Gasteiger partial charge in [-0.05, 0) is 50.4 Å². The highest BCUT2D eigenvalue weighted by Gasteiger charge is 2.23. The summed E-state index contributed by atoms with van der Waals surface area (Å²) in [7, 11) is -3.75. The number of benzene rings is 1. The van der Waals surface area contributed by atoms with Gasteiger partial charge in [0.05, 0.1) is 5.75 Å². The van der Waals surface area contributed by atoms with E-state index in [1.54, 1.807) is 0 Å². The van der Waals surface area contributed by atoms with E-state index in [1.165, 1.54) is 13.0 Å². The van der Waals surface area contributed by atoms with Crippen LogP contribution in [0.5, 0.6) is 0 Å². The molecule has 7 heteroatoms. The van der Waals surface area contributed by atoms with E-state index < -0.39 is 27.3 Å². The number of hydrogen-bond donors (Lipinski definition) is 2. The molecule has 0 atom stereocenters. The Morgan fingerprint density at radius 3 is 2.60 bits per heavy atom. The first-order valence-electron chi connectivity index (χ1n) is 6.55. The zero-order chi connectivity index (χ0) is 14.8. The fourth-order valence-corrected chi connectivity index (χ4v) is 3.84. The zero-order valence-electron chi connectivity index (χ0n) is 11.2. The van der Waals surface area contributed by atoms with Gasteiger partial charge in [-0.3, -0.25) is 4.72 Å². The van der Waals surface area contributed by atoms with Crippen LogP contribution in [0.3, 0.4) is 0 Å². The molecule has 1 saturated heterocycles. The Morgan fingerprint density at radius 2 is 1.95 bits per heavy atom. The summed E-state index contributed by atoms with van der Waals surface area (Å²) < 4.78 is 53.4. The third-order valence-electron chi connectivity index (χ3n) is 3.46. The van der Waals surface area contributed by atoms with Crippen molar-refractivity contribution >= 4 is 15.7 Å². The van der Waals surface area contributed by atoms with E-state index in [0.717, 1.165) is 32.0 Å². The summed E-state index contributed by atoms with van der Waals surface area (Å²) in [6.07, 6.45) is 1.50. The molecule has 112 valence electrons. The van der Waals surface area contributed by atoms with Gasteiger partial charge >= 0.3 is 0 Å². The van der Waals surface area contributed by atoms with E-state index in [0.29, 0.717) is 0 Å². The molecule has 0 aliphatic carbocycles.